The largest absolute Gasteiger partial charge is 0.478 e. The maximum atomic E-state index is 12.2. The van der Waals surface area contributed by atoms with Crippen LogP contribution in [0.15, 0.2) is 31.4 Å². The first-order valence-corrected chi connectivity index (χ1v) is 5.98. The Morgan fingerprint density at radius 1 is 1.50 bits per heavy atom. The smallest absolute Gasteiger partial charge is 0.275 e. The van der Waals surface area contributed by atoms with Crippen molar-refractivity contribution in [2.24, 2.45) is 0 Å². The molecule has 5 nitrogen and oxygen atoms in total. The van der Waals surface area contributed by atoms with Crippen LogP contribution < -0.4 is 4.74 Å². The molecule has 0 fully saturated rings. The third-order valence-electron chi connectivity index (χ3n) is 2.71. The van der Waals surface area contributed by atoms with Crippen LogP contribution in [0.2, 0.25) is 0 Å². The van der Waals surface area contributed by atoms with Crippen LogP contribution in [0.4, 0.5) is 0 Å². The van der Waals surface area contributed by atoms with Crippen LogP contribution in [0.1, 0.15) is 16.9 Å². The maximum Gasteiger partial charge on any atom is 0.275 e. The van der Waals surface area contributed by atoms with E-state index in [9.17, 15) is 4.79 Å². The zero-order valence-corrected chi connectivity index (χ0v) is 10.3. The molecular weight excluding hydrogens is 230 g/mol. The first kappa shape index (κ1) is 12.4. The summed E-state index contributed by atoms with van der Waals surface area (Å²) in [5.41, 5.74) is 0.413. The number of carbonyl (C=O) groups is 1. The van der Waals surface area contributed by atoms with Crippen molar-refractivity contribution in [1.82, 2.24) is 14.7 Å². The van der Waals surface area contributed by atoms with Gasteiger partial charge in [-0.15, -0.1) is 13.2 Å². The van der Waals surface area contributed by atoms with Crippen LogP contribution in [0.25, 0.3) is 0 Å². The van der Waals surface area contributed by atoms with Gasteiger partial charge in [0.25, 0.3) is 5.91 Å². The molecule has 1 aliphatic rings. The standard InChI is InChI=1S/C13H17N3O2/c1-3-6-15(7-4-2)13(17)11-10-12-16(14-11)8-5-9-18-12/h3-4,10H,1-2,5-9H2. The van der Waals surface area contributed by atoms with Gasteiger partial charge >= 0.3 is 0 Å². The Kier molecular flexibility index (Phi) is 3.82. The molecule has 0 bridgehead atoms. The second-order valence-corrected chi connectivity index (χ2v) is 4.08. The van der Waals surface area contributed by atoms with Gasteiger partial charge in [-0.05, 0) is 0 Å². The molecule has 0 N–H and O–H groups in total. The number of carbonyl (C=O) groups excluding carboxylic acids is 1. The third-order valence-corrected chi connectivity index (χ3v) is 2.71. The Hall–Kier alpha value is -2.04. The summed E-state index contributed by atoms with van der Waals surface area (Å²) in [7, 11) is 0. The fourth-order valence-electron chi connectivity index (χ4n) is 1.89. The van der Waals surface area contributed by atoms with Gasteiger partial charge in [0.1, 0.15) is 0 Å². The molecule has 0 radical (unpaired) electrons. The Morgan fingerprint density at radius 2 is 2.22 bits per heavy atom. The lowest BCUT2D eigenvalue weighted by molar-refractivity contribution is 0.0784. The zero-order valence-electron chi connectivity index (χ0n) is 10.3. The van der Waals surface area contributed by atoms with Gasteiger partial charge in [-0.2, -0.15) is 5.10 Å². The van der Waals surface area contributed by atoms with Gasteiger partial charge in [-0.25, -0.2) is 4.68 Å². The average molecular weight is 247 g/mol. The molecule has 5 heteroatoms. The predicted octanol–water partition coefficient (Wildman–Crippen LogP) is 1.48. The number of hydrogen-bond donors (Lipinski definition) is 0. The molecule has 1 aromatic rings. The van der Waals surface area contributed by atoms with Gasteiger partial charge in [0.05, 0.1) is 6.61 Å². The molecule has 0 atom stereocenters. The molecule has 18 heavy (non-hydrogen) atoms. The minimum atomic E-state index is -0.125. The van der Waals surface area contributed by atoms with Crippen LogP contribution in [-0.4, -0.2) is 40.3 Å². The Morgan fingerprint density at radius 3 is 2.83 bits per heavy atom. The molecule has 1 aromatic heterocycles. The van der Waals surface area contributed by atoms with Crippen LogP contribution in [-0.2, 0) is 6.54 Å². The van der Waals surface area contributed by atoms with E-state index in [1.54, 1.807) is 27.8 Å². The fraction of sp³-hybridized carbons (Fsp3) is 0.385. The molecule has 0 saturated carbocycles. The van der Waals surface area contributed by atoms with Crippen molar-refractivity contribution in [3.63, 3.8) is 0 Å². The topological polar surface area (TPSA) is 47.4 Å². The molecule has 96 valence electrons. The summed E-state index contributed by atoms with van der Waals surface area (Å²) in [4.78, 5) is 13.9. The fourth-order valence-corrected chi connectivity index (χ4v) is 1.89. The first-order chi connectivity index (χ1) is 8.76. The van der Waals surface area contributed by atoms with Crippen LogP contribution in [0.3, 0.4) is 0 Å². The van der Waals surface area contributed by atoms with E-state index in [0.29, 0.717) is 31.3 Å². The third kappa shape index (κ3) is 2.45. The number of aromatic nitrogens is 2. The molecule has 0 saturated heterocycles. The number of amides is 1. The van der Waals surface area contributed by atoms with Gasteiger partial charge in [0, 0.05) is 32.1 Å². The number of rotatable bonds is 5. The van der Waals surface area contributed by atoms with E-state index in [4.69, 9.17) is 4.74 Å². The van der Waals surface area contributed by atoms with Crippen LogP contribution in [0.5, 0.6) is 5.88 Å². The lowest BCUT2D eigenvalue weighted by Crippen LogP contribution is -2.31. The average Bonchev–Trinajstić information content (AvgIpc) is 2.81. The van der Waals surface area contributed by atoms with E-state index in [1.165, 1.54) is 0 Å². The zero-order chi connectivity index (χ0) is 13.0. The molecule has 0 aromatic carbocycles. The van der Waals surface area contributed by atoms with Gasteiger partial charge in [-0.1, -0.05) is 12.2 Å². The number of fused-ring (bicyclic) bond motifs is 1. The summed E-state index contributed by atoms with van der Waals surface area (Å²) < 4.78 is 7.18. The highest BCUT2D eigenvalue weighted by Crippen LogP contribution is 2.19. The van der Waals surface area contributed by atoms with Crippen molar-refractivity contribution in [2.75, 3.05) is 19.7 Å². The van der Waals surface area contributed by atoms with Gasteiger partial charge in [0.2, 0.25) is 5.88 Å². The summed E-state index contributed by atoms with van der Waals surface area (Å²) in [6.45, 7) is 9.73. The summed E-state index contributed by atoms with van der Waals surface area (Å²) >= 11 is 0. The highest BCUT2D eigenvalue weighted by molar-refractivity contribution is 5.92. The first-order valence-electron chi connectivity index (χ1n) is 5.98. The SMILES string of the molecule is C=CCN(CC=C)C(=O)c1cc2n(n1)CCCO2. The highest BCUT2D eigenvalue weighted by Gasteiger charge is 2.21. The minimum absolute atomic E-state index is 0.125. The molecular formula is C13H17N3O2. The summed E-state index contributed by atoms with van der Waals surface area (Å²) in [6, 6.07) is 1.70. The number of nitrogens with zero attached hydrogens (tertiary/aromatic N) is 3. The van der Waals surface area contributed by atoms with E-state index in [0.717, 1.165) is 13.0 Å². The second kappa shape index (κ2) is 5.53. The van der Waals surface area contributed by atoms with Crippen molar-refractivity contribution in [3.05, 3.63) is 37.1 Å². The monoisotopic (exact) mass is 247 g/mol. The van der Waals surface area contributed by atoms with Crippen molar-refractivity contribution < 1.29 is 9.53 Å². The van der Waals surface area contributed by atoms with Crippen molar-refractivity contribution in [3.8, 4) is 5.88 Å². The predicted molar refractivity (Wildman–Crippen MR) is 68.6 cm³/mol. The molecule has 2 rings (SSSR count). The molecule has 0 unspecified atom stereocenters. The Labute approximate surface area is 106 Å². The molecule has 1 aliphatic heterocycles. The van der Waals surface area contributed by atoms with Crippen molar-refractivity contribution >= 4 is 5.91 Å². The van der Waals surface area contributed by atoms with E-state index in [2.05, 4.69) is 18.3 Å². The van der Waals surface area contributed by atoms with E-state index < -0.39 is 0 Å². The number of aryl methyl sites for hydroxylation is 1. The highest BCUT2D eigenvalue weighted by atomic mass is 16.5. The Bertz CT molecular complexity index is 431. The van der Waals surface area contributed by atoms with Crippen LogP contribution >= 0.6 is 0 Å². The van der Waals surface area contributed by atoms with Crippen molar-refractivity contribution in [2.45, 2.75) is 13.0 Å². The van der Waals surface area contributed by atoms with E-state index in [-0.39, 0.29) is 5.91 Å². The van der Waals surface area contributed by atoms with Crippen molar-refractivity contribution in [1.29, 1.82) is 0 Å². The normalized spacial score (nSPS) is 13.3. The lowest BCUT2D eigenvalue weighted by Gasteiger charge is -2.17. The number of ether oxygens (including phenoxy) is 1. The molecule has 0 aliphatic carbocycles. The van der Waals surface area contributed by atoms with E-state index in [1.807, 2.05) is 0 Å². The summed E-state index contributed by atoms with van der Waals surface area (Å²) in [5.74, 6) is 0.544. The van der Waals surface area contributed by atoms with Gasteiger partial charge < -0.3 is 9.64 Å². The molecule has 2 heterocycles. The lowest BCUT2D eigenvalue weighted by atomic mass is 10.3. The Balaban J connectivity index is 2.18. The van der Waals surface area contributed by atoms with Gasteiger partial charge in [0.15, 0.2) is 5.69 Å². The second-order valence-electron chi connectivity index (χ2n) is 4.08. The quantitative estimate of drug-likeness (QED) is 0.740. The summed E-state index contributed by atoms with van der Waals surface area (Å²) in [5, 5.41) is 4.27. The summed E-state index contributed by atoms with van der Waals surface area (Å²) in [6.07, 6.45) is 4.30. The molecule has 1 amide bonds. The molecule has 0 spiro atoms. The minimum Gasteiger partial charge on any atom is -0.478 e. The van der Waals surface area contributed by atoms with E-state index >= 15 is 0 Å². The van der Waals surface area contributed by atoms with Gasteiger partial charge in [-0.3, -0.25) is 4.79 Å². The number of hydrogen-bond acceptors (Lipinski definition) is 3. The van der Waals surface area contributed by atoms with Crippen LogP contribution in [0, 0.1) is 0 Å². The maximum absolute atomic E-state index is 12.2.